The quantitative estimate of drug-likeness (QED) is 0.718. The number of benzene rings is 1. The van der Waals surface area contributed by atoms with E-state index >= 15 is 0 Å². The maximum atomic E-state index is 10.7. The van der Waals surface area contributed by atoms with Crippen LogP contribution in [0.25, 0.3) is 0 Å². The van der Waals surface area contributed by atoms with Crippen molar-refractivity contribution in [1.82, 2.24) is 0 Å². The SMILES string of the molecule is CC(=O)C(O)C(O)c1ccccc1. The third-order valence-electron chi connectivity index (χ3n) is 1.86. The summed E-state index contributed by atoms with van der Waals surface area (Å²) in [4.78, 5) is 10.7. The van der Waals surface area contributed by atoms with Crippen molar-refractivity contribution in [2.45, 2.75) is 19.1 Å². The van der Waals surface area contributed by atoms with Crippen LogP contribution in [0.5, 0.6) is 0 Å². The molecule has 2 N–H and O–H groups in total. The summed E-state index contributed by atoms with van der Waals surface area (Å²) < 4.78 is 0. The van der Waals surface area contributed by atoms with Gasteiger partial charge in [-0.2, -0.15) is 0 Å². The number of aliphatic hydroxyl groups is 2. The van der Waals surface area contributed by atoms with Crippen LogP contribution in [0.15, 0.2) is 30.3 Å². The van der Waals surface area contributed by atoms with Crippen LogP contribution in [0.4, 0.5) is 0 Å². The van der Waals surface area contributed by atoms with Gasteiger partial charge in [-0.3, -0.25) is 4.79 Å². The van der Waals surface area contributed by atoms with E-state index in [1.165, 1.54) is 6.92 Å². The fourth-order valence-electron chi connectivity index (χ4n) is 1.05. The Labute approximate surface area is 76.6 Å². The monoisotopic (exact) mass is 180 g/mol. The first-order valence-corrected chi connectivity index (χ1v) is 4.04. The number of ketones is 1. The van der Waals surface area contributed by atoms with Gasteiger partial charge < -0.3 is 10.2 Å². The summed E-state index contributed by atoms with van der Waals surface area (Å²) in [6, 6.07) is 8.61. The van der Waals surface area contributed by atoms with Crippen molar-refractivity contribution in [3.05, 3.63) is 35.9 Å². The van der Waals surface area contributed by atoms with Crippen molar-refractivity contribution < 1.29 is 15.0 Å². The zero-order chi connectivity index (χ0) is 9.84. The lowest BCUT2D eigenvalue weighted by molar-refractivity contribution is -0.130. The minimum absolute atomic E-state index is 0.434. The molecule has 2 atom stereocenters. The van der Waals surface area contributed by atoms with Crippen molar-refractivity contribution >= 4 is 5.78 Å². The number of carbonyl (C=O) groups excluding carboxylic acids is 1. The van der Waals surface area contributed by atoms with Crippen LogP contribution in [-0.2, 0) is 4.79 Å². The fraction of sp³-hybridized carbons (Fsp3) is 0.300. The van der Waals surface area contributed by atoms with Gasteiger partial charge in [0.1, 0.15) is 12.2 Å². The first-order valence-electron chi connectivity index (χ1n) is 4.04. The van der Waals surface area contributed by atoms with Crippen LogP contribution in [0, 0.1) is 0 Å². The van der Waals surface area contributed by atoms with Crippen LogP contribution in [0.2, 0.25) is 0 Å². The van der Waals surface area contributed by atoms with Gasteiger partial charge in [0.25, 0.3) is 0 Å². The van der Waals surface area contributed by atoms with Crippen LogP contribution in [-0.4, -0.2) is 22.1 Å². The minimum Gasteiger partial charge on any atom is -0.385 e. The standard InChI is InChI=1S/C10H12O3/c1-7(11)9(12)10(13)8-5-3-2-4-6-8/h2-6,9-10,12-13H,1H3. The molecule has 0 aliphatic rings. The lowest BCUT2D eigenvalue weighted by atomic mass is 10.0. The van der Waals surface area contributed by atoms with E-state index in [1.54, 1.807) is 30.3 Å². The maximum Gasteiger partial charge on any atom is 0.161 e. The molecule has 0 bridgehead atoms. The Morgan fingerprint density at radius 3 is 2.23 bits per heavy atom. The Morgan fingerprint density at radius 1 is 1.23 bits per heavy atom. The number of hydrogen-bond donors (Lipinski definition) is 2. The first-order chi connectivity index (χ1) is 6.13. The molecular formula is C10H12O3. The molecule has 1 aromatic carbocycles. The Kier molecular flexibility index (Phi) is 3.17. The van der Waals surface area contributed by atoms with Crippen molar-refractivity contribution in [3.8, 4) is 0 Å². The molecule has 0 aromatic heterocycles. The molecule has 70 valence electrons. The highest BCUT2D eigenvalue weighted by Crippen LogP contribution is 2.16. The molecular weight excluding hydrogens is 168 g/mol. The molecule has 1 rings (SSSR count). The normalized spacial score (nSPS) is 15.0. The van der Waals surface area contributed by atoms with Gasteiger partial charge in [-0.05, 0) is 12.5 Å². The maximum absolute atomic E-state index is 10.7. The summed E-state index contributed by atoms with van der Waals surface area (Å²) in [6.45, 7) is 1.25. The molecule has 2 unspecified atom stereocenters. The molecule has 0 amide bonds. The highest BCUT2D eigenvalue weighted by Gasteiger charge is 2.21. The summed E-state index contributed by atoms with van der Waals surface area (Å²) in [5, 5.41) is 18.7. The highest BCUT2D eigenvalue weighted by molar-refractivity contribution is 5.80. The number of Topliss-reactive ketones (excluding diaryl/α,β-unsaturated/α-hetero) is 1. The summed E-state index contributed by atoms with van der Waals surface area (Å²) in [6.07, 6.45) is -2.46. The van der Waals surface area contributed by atoms with E-state index in [0.29, 0.717) is 5.56 Å². The van der Waals surface area contributed by atoms with Gasteiger partial charge in [0.15, 0.2) is 5.78 Å². The second-order valence-electron chi connectivity index (χ2n) is 2.91. The molecule has 0 radical (unpaired) electrons. The topological polar surface area (TPSA) is 57.5 Å². The van der Waals surface area contributed by atoms with E-state index in [1.807, 2.05) is 0 Å². The molecule has 0 spiro atoms. The van der Waals surface area contributed by atoms with E-state index in [-0.39, 0.29) is 0 Å². The predicted molar refractivity (Wildman–Crippen MR) is 48.1 cm³/mol. The lowest BCUT2D eigenvalue weighted by Crippen LogP contribution is -2.25. The smallest absolute Gasteiger partial charge is 0.161 e. The molecule has 3 heteroatoms. The largest absolute Gasteiger partial charge is 0.385 e. The molecule has 0 heterocycles. The summed E-state index contributed by atoms with van der Waals surface area (Å²) in [7, 11) is 0. The minimum atomic E-state index is -1.33. The molecule has 13 heavy (non-hydrogen) atoms. The average Bonchev–Trinajstić information content (AvgIpc) is 2.17. The first kappa shape index (κ1) is 9.89. The van der Waals surface area contributed by atoms with Crippen LogP contribution in [0.1, 0.15) is 18.6 Å². The van der Waals surface area contributed by atoms with Crippen LogP contribution >= 0.6 is 0 Å². The Bertz CT molecular complexity index is 281. The average molecular weight is 180 g/mol. The molecule has 0 aliphatic heterocycles. The van der Waals surface area contributed by atoms with Gasteiger partial charge in [0, 0.05) is 0 Å². The third kappa shape index (κ3) is 2.37. The number of rotatable bonds is 3. The van der Waals surface area contributed by atoms with Crippen molar-refractivity contribution in [2.24, 2.45) is 0 Å². The van der Waals surface area contributed by atoms with Gasteiger partial charge in [-0.15, -0.1) is 0 Å². The van der Waals surface area contributed by atoms with E-state index in [0.717, 1.165) is 0 Å². The summed E-state index contributed by atoms with van der Waals surface area (Å²) in [5.74, 6) is -0.434. The van der Waals surface area contributed by atoms with Gasteiger partial charge in [-0.1, -0.05) is 30.3 Å². The Balaban J connectivity index is 2.79. The van der Waals surface area contributed by atoms with Crippen LogP contribution < -0.4 is 0 Å². The van der Waals surface area contributed by atoms with Gasteiger partial charge >= 0.3 is 0 Å². The number of aliphatic hydroxyl groups excluding tert-OH is 2. The van der Waals surface area contributed by atoms with Gasteiger partial charge in [-0.25, -0.2) is 0 Å². The molecule has 0 aliphatic carbocycles. The molecule has 0 saturated heterocycles. The molecule has 0 fully saturated rings. The zero-order valence-corrected chi connectivity index (χ0v) is 7.34. The Morgan fingerprint density at radius 2 is 1.77 bits per heavy atom. The second kappa shape index (κ2) is 4.16. The molecule has 3 nitrogen and oxygen atoms in total. The third-order valence-corrected chi connectivity index (χ3v) is 1.86. The summed E-state index contributed by atoms with van der Waals surface area (Å²) in [5.41, 5.74) is 0.546. The second-order valence-corrected chi connectivity index (χ2v) is 2.91. The molecule has 1 aromatic rings. The van der Waals surface area contributed by atoms with E-state index in [9.17, 15) is 15.0 Å². The number of carbonyl (C=O) groups is 1. The predicted octanol–water partition coefficient (Wildman–Crippen LogP) is 0.670. The van der Waals surface area contributed by atoms with Crippen LogP contribution in [0.3, 0.4) is 0 Å². The zero-order valence-electron chi connectivity index (χ0n) is 7.34. The highest BCUT2D eigenvalue weighted by atomic mass is 16.3. The van der Waals surface area contributed by atoms with Crippen molar-refractivity contribution in [2.75, 3.05) is 0 Å². The van der Waals surface area contributed by atoms with Gasteiger partial charge in [0.2, 0.25) is 0 Å². The van der Waals surface area contributed by atoms with E-state index < -0.39 is 18.0 Å². The van der Waals surface area contributed by atoms with E-state index in [2.05, 4.69) is 0 Å². The van der Waals surface area contributed by atoms with E-state index in [4.69, 9.17) is 0 Å². The fourth-order valence-corrected chi connectivity index (χ4v) is 1.05. The lowest BCUT2D eigenvalue weighted by Gasteiger charge is -2.14. The Hall–Kier alpha value is -1.19. The van der Waals surface area contributed by atoms with Crippen molar-refractivity contribution in [3.63, 3.8) is 0 Å². The van der Waals surface area contributed by atoms with Crippen molar-refractivity contribution in [1.29, 1.82) is 0 Å². The summed E-state index contributed by atoms with van der Waals surface area (Å²) >= 11 is 0. The molecule has 0 saturated carbocycles. The van der Waals surface area contributed by atoms with Gasteiger partial charge in [0.05, 0.1) is 0 Å². The number of hydrogen-bond acceptors (Lipinski definition) is 3.